The lowest BCUT2D eigenvalue weighted by atomic mass is 10.3. The third-order valence-electron chi connectivity index (χ3n) is 1.34. The predicted molar refractivity (Wildman–Crippen MR) is 41.2 cm³/mol. The average molecular weight is 170 g/mol. The fraction of sp³-hybridized carbons (Fsp3) is 0. The van der Waals surface area contributed by atoms with Crippen LogP contribution >= 0.6 is 11.6 Å². The summed E-state index contributed by atoms with van der Waals surface area (Å²) in [6.45, 7) is 0. The zero-order chi connectivity index (χ0) is 7.84. The first-order valence-electron chi connectivity index (χ1n) is 2.94. The average Bonchev–Trinajstić information content (AvgIpc) is 2.34. The van der Waals surface area contributed by atoms with Gasteiger partial charge in [0.25, 0.3) is 0 Å². The summed E-state index contributed by atoms with van der Waals surface area (Å²) in [5.41, 5.74) is 7.17. The van der Waals surface area contributed by atoms with Crippen LogP contribution in [0.15, 0.2) is 16.8 Å². The number of hydrogen-bond acceptors (Lipinski definition) is 4. The molecule has 0 aliphatic rings. The summed E-state index contributed by atoms with van der Waals surface area (Å²) < 4.78 is 4.46. The molecule has 1 aromatic carbocycles. The number of benzene rings is 1. The summed E-state index contributed by atoms with van der Waals surface area (Å²) in [7, 11) is 0. The summed E-state index contributed by atoms with van der Waals surface area (Å²) in [4.78, 5) is 0. The molecule has 2 rings (SSSR count). The minimum Gasteiger partial charge on any atom is -0.399 e. The van der Waals surface area contributed by atoms with Crippen molar-refractivity contribution in [1.82, 2.24) is 10.3 Å². The van der Waals surface area contributed by atoms with E-state index in [4.69, 9.17) is 17.3 Å². The molecule has 4 nitrogen and oxygen atoms in total. The summed E-state index contributed by atoms with van der Waals surface area (Å²) in [5.74, 6) is 0. The van der Waals surface area contributed by atoms with Crippen LogP contribution in [0, 0.1) is 0 Å². The van der Waals surface area contributed by atoms with Crippen LogP contribution in [0.4, 0.5) is 5.69 Å². The van der Waals surface area contributed by atoms with E-state index in [0.29, 0.717) is 21.7 Å². The lowest BCUT2D eigenvalue weighted by Crippen LogP contribution is -1.84. The van der Waals surface area contributed by atoms with Crippen LogP contribution in [-0.2, 0) is 0 Å². The van der Waals surface area contributed by atoms with Gasteiger partial charge in [-0.1, -0.05) is 11.6 Å². The molecule has 0 radical (unpaired) electrons. The summed E-state index contributed by atoms with van der Waals surface area (Å²) in [6, 6.07) is 3.26. The van der Waals surface area contributed by atoms with Crippen LogP contribution in [0.25, 0.3) is 11.0 Å². The number of halogens is 1. The summed E-state index contributed by atoms with van der Waals surface area (Å²) >= 11 is 5.76. The van der Waals surface area contributed by atoms with Crippen molar-refractivity contribution in [2.45, 2.75) is 0 Å². The van der Waals surface area contributed by atoms with Crippen molar-refractivity contribution >= 4 is 28.3 Å². The highest BCUT2D eigenvalue weighted by molar-refractivity contribution is 6.35. The van der Waals surface area contributed by atoms with Crippen LogP contribution in [0.1, 0.15) is 0 Å². The van der Waals surface area contributed by atoms with Crippen LogP contribution in [-0.4, -0.2) is 10.3 Å². The molecule has 0 saturated carbocycles. The number of hydrogen-bond donors (Lipinski definition) is 1. The van der Waals surface area contributed by atoms with Gasteiger partial charge in [0.05, 0.1) is 5.02 Å². The molecular weight excluding hydrogens is 166 g/mol. The third-order valence-corrected chi connectivity index (χ3v) is 1.63. The molecule has 0 fully saturated rings. The summed E-state index contributed by atoms with van der Waals surface area (Å²) in [5, 5.41) is 7.64. The predicted octanol–water partition coefficient (Wildman–Crippen LogP) is 1.46. The van der Waals surface area contributed by atoms with Crippen molar-refractivity contribution in [2.75, 3.05) is 5.73 Å². The zero-order valence-corrected chi connectivity index (χ0v) is 6.17. The van der Waals surface area contributed by atoms with Crippen LogP contribution in [0.3, 0.4) is 0 Å². The Bertz CT molecular complexity index is 398. The van der Waals surface area contributed by atoms with Gasteiger partial charge in [0.1, 0.15) is 5.52 Å². The number of rotatable bonds is 0. The van der Waals surface area contributed by atoms with Gasteiger partial charge in [-0.2, -0.15) is 0 Å². The highest BCUT2D eigenvalue weighted by Crippen LogP contribution is 2.23. The molecule has 2 aromatic rings. The molecule has 1 heterocycles. The van der Waals surface area contributed by atoms with Crippen molar-refractivity contribution < 1.29 is 4.63 Å². The van der Waals surface area contributed by atoms with E-state index in [1.54, 1.807) is 12.1 Å². The Morgan fingerprint density at radius 2 is 2.18 bits per heavy atom. The lowest BCUT2D eigenvalue weighted by molar-refractivity contribution is 0.315. The number of nitrogens with two attached hydrogens (primary N) is 1. The normalized spacial score (nSPS) is 10.6. The van der Waals surface area contributed by atoms with E-state index in [9.17, 15) is 0 Å². The molecule has 0 amide bonds. The highest BCUT2D eigenvalue weighted by atomic mass is 35.5. The van der Waals surface area contributed by atoms with Crippen molar-refractivity contribution in [3.63, 3.8) is 0 Å². The topological polar surface area (TPSA) is 64.9 Å². The first kappa shape index (κ1) is 6.42. The van der Waals surface area contributed by atoms with Gasteiger partial charge in [-0.15, -0.1) is 0 Å². The van der Waals surface area contributed by atoms with Crippen molar-refractivity contribution in [3.8, 4) is 0 Å². The van der Waals surface area contributed by atoms with Crippen molar-refractivity contribution in [2.24, 2.45) is 0 Å². The molecule has 0 unspecified atom stereocenters. The smallest absolute Gasteiger partial charge is 0.153 e. The Morgan fingerprint density at radius 3 is 3.00 bits per heavy atom. The van der Waals surface area contributed by atoms with E-state index < -0.39 is 0 Å². The molecule has 0 bridgehead atoms. The molecular formula is C6H4ClN3O. The van der Waals surface area contributed by atoms with Gasteiger partial charge in [-0.05, 0) is 22.4 Å². The van der Waals surface area contributed by atoms with E-state index in [0.717, 1.165) is 0 Å². The second-order valence-corrected chi connectivity index (χ2v) is 2.54. The standard InChI is InChI=1S/C6H4ClN3O/c7-4-1-3(8)2-5-6(4)10-11-9-5/h1-2H,8H2. The quantitative estimate of drug-likeness (QED) is 0.607. The zero-order valence-electron chi connectivity index (χ0n) is 5.41. The van der Waals surface area contributed by atoms with Gasteiger partial charge in [-0.3, -0.25) is 0 Å². The minimum absolute atomic E-state index is 0.459. The molecule has 0 aliphatic heterocycles. The molecule has 0 spiro atoms. The third kappa shape index (κ3) is 0.914. The largest absolute Gasteiger partial charge is 0.399 e. The molecule has 0 aliphatic carbocycles. The lowest BCUT2D eigenvalue weighted by Gasteiger charge is -1.91. The Balaban J connectivity index is 2.91. The molecule has 11 heavy (non-hydrogen) atoms. The number of aromatic nitrogens is 2. The van der Waals surface area contributed by atoms with Gasteiger partial charge in [0, 0.05) is 5.69 Å². The second kappa shape index (κ2) is 2.10. The molecule has 56 valence electrons. The SMILES string of the molecule is Nc1cc(Cl)c2nonc2c1. The Morgan fingerprint density at radius 1 is 1.36 bits per heavy atom. The fourth-order valence-corrected chi connectivity index (χ4v) is 1.13. The number of nitrogen functional groups attached to an aromatic ring is 1. The molecule has 1 aromatic heterocycles. The fourth-order valence-electron chi connectivity index (χ4n) is 0.870. The van der Waals surface area contributed by atoms with Crippen LogP contribution in [0.5, 0.6) is 0 Å². The maximum absolute atomic E-state index is 5.76. The van der Waals surface area contributed by atoms with Crippen molar-refractivity contribution in [1.29, 1.82) is 0 Å². The Kier molecular flexibility index (Phi) is 1.22. The van der Waals surface area contributed by atoms with Crippen LogP contribution < -0.4 is 5.73 Å². The number of anilines is 1. The van der Waals surface area contributed by atoms with Gasteiger partial charge >= 0.3 is 0 Å². The molecule has 2 N–H and O–H groups in total. The van der Waals surface area contributed by atoms with Crippen molar-refractivity contribution in [3.05, 3.63) is 17.2 Å². The molecule has 0 saturated heterocycles. The number of fused-ring (bicyclic) bond motifs is 1. The monoisotopic (exact) mass is 169 g/mol. The first-order chi connectivity index (χ1) is 5.27. The highest BCUT2D eigenvalue weighted by Gasteiger charge is 2.04. The second-order valence-electron chi connectivity index (χ2n) is 2.13. The minimum atomic E-state index is 0.459. The van der Waals surface area contributed by atoms with Gasteiger partial charge in [-0.25, -0.2) is 4.63 Å². The maximum Gasteiger partial charge on any atom is 0.153 e. The van der Waals surface area contributed by atoms with E-state index in [2.05, 4.69) is 14.9 Å². The van der Waals surface area contributed by atoms with E-state index in [1.807, 2.05) is 0 Å². The molecule has 0 atom stereocenters. The Labute approximate surface area is 66.9 Å². The van der Waals surface area contributed by atoms with E-state index in [1.165, 1.54) is 0 Å². The van der Waals surface area contributed by atoms with Crippen LogP contribution in [0.2, 0.25) is 5.02 Å². The molecule has 5 heteroatoms. The maximum atomic E-state index is 5.76. The van der Waals surface area contributed by atoms with Gasteiger partial charge < -0.3 is 5.73 Å². The van der Waals surface area contributed by atoms with E-state index in [-0.39, 0.29) is 0 Å². The van der Waals surface area contributed by atoms with Gasteiger partial charge in [0.15, 0.2) is 5.52 Å². The van der Waals surface area contributed by atoms with Gasteiger partial charge in [0.2, 0.25) is 0 Å². The first-order valence-corrected chi connectivity index (χ1v) is 3.32. The summed E-state index contributed by atoms with van der Waals surface area (Å²) in [6.07, 6.45) is 0. The van der Waals surface area contributed by atoms with E-state index >= 15 is 0 Å². The number of nitrogens with zero attached hydrogens (tertiary/aromatic N) is 2. The Hall–Kier alpha value is -1.29.